The molecular weight excluding hydrogens is 382 g/mol. The van der Waals surface area contributed by atoms with Crippen LogP contribution in [0.5, 0.6) is 0 Å². The minimum atomic E-state index is -0.888. The maximum Gasteiger partial charge on any atom is 0.407 e. The first-order valence-electron chi connectivity index (χ1n) is 9.52. The lowest BCUT2D eigenvalue weighted by molar-refractivity contribution is -0.126. The van der Waals surface area contributed by atoms with Gasteiger partial charge in [-0.15, -0.1) is 0 Å². The first-order chi connectivity index (χ1) is 14.5. The zero-order valence-corrected chi connectivity index (χ0v) is 16.3. The Morgan fingerprint density at radius 2 is 1.57 bits per heavy atom. The van der Waals surface area contributed by atoms with E-state index in [9.17, 15) is 14.4 Å². The molecule has 30 heavy (non-hydrogen) atoms. The summed E-state index contributed by atoms with van der Waals surface area (Å²) in [6, 6.07) is 21.9. The molecule has 0 saturated heterocycles. The Balaban J connectivity index is 1.49. The predicted octanol–water partition coefficient (Wildman–Crippen LogP) is 2.28. The molecule has 1 atom stereocenters. The number of amides is 3. The van der Waals surface area contributed by atoms with Gasteiger partial charge in [0.25, 0.3) is 0 Å². The number of nitrogens with one attached hydrogen (secondary N) is 2. The number of primary amides is 1. The molecule has 0 aliphatic heterocycles. The van der Waals surface area contributed by atoms with Crippen molar-refractivity contribution in [2.75, 3.05) is 6.54 Å². The molecule has 0 radical (unpaired) electrons. The van der Waals surface area contributed by atoms with E-state index in [0.29, 0.717) is 0 Å². The van der Waals surface area contributed by atoms with Gasteiger partial charge in [-0.1, -0.05) is 72.8 Å². The number of hydrogen-bond donors (Lipinski definition) is 3. The van der Waals surface area contributed by atoms with Crippen LogP contribution in [-0.4, -0.2) is 30.5 Å². The van der Waals surface area contributed by atoms with Crippen LogP contribution in [0.15, 0.2) is 72.8 Å². The molecule has 3 rings (SSSR count). The smallest absolute Gasteiger partial charge is 0.407 e. The highest BCUT2D eigenvalue weighted by Crippen LogP contribution is 2.16. The third-order valence-corrected chi connectivity index (χ3v) is 4.54. The van der Waals surface area contributed by atoms with Crippen molar-refractivity contribution in [1.82, 2.24) is 10.6 Å². The normalized spacial score (nSPS) is 11.5. The Morgan fingerprint density at radius 3 is 2.30 bits per heavy atom. The Bertz CT molecular complexity index is 1040. The first-order valence-corrected chi connectivity index (χ1v) is 9.52. The highest BCUT2D eigenvalue weighted by Gasteiger charge is 2.19. The molecule has 0 unspecified atom stereocenters. The minimum Gasteiger partial charge on any atom is -0.445 e. The van der Waals surface area contributed by atoms with Crippen molar-refractivity contribution in [1.29, 1.82) is 0 Å². The minimum absolute atomic E-state index is 0.0974. The second kappa shape index (κ2) is 10.1. The fraction of sp³-hybridized carbons (Fsp3) is 0.174. The number of fused-ring (bicyclic) bond motifs is 1. The summed E-state index contributed by atoms with van der Waals surface area (Å²) in [6.07, 6.45) is -0.469. The van der Waals surface area contributed by atoms with E-state index < -0.39 is 23.9 Å². The van der Waals surface area contributed by atoms with Gasteiger partial charge in [-0.25, -0.2) is 4.79 Å². The number of nitrogens with two attached hydrogens (primary N) is 1. The molecule has 7 heteroatoms. The fourth-order valence-electron chi connectivity index (χ4n) is 3.00. The number of benzene rings is 3. The van der Waals surface area contributed by atoms with E-state index in [2.05, 4.69) is 10.6 Å². The third-order valence-electron chi connectivity index (χ3n) is 4.54. The van der Waals surface area contributed by atoms with Gasteiger partial charge >= 0.3 is 6.09 Å². The summed E-state index contributed by atoms with van der Waals surface area (Å²) in [5.74, 6) is -1.18. The number of carbonyl (C=O) groups is 3. The molecule has 0 aromatic heterocycles. The molecule has 0 aliphatic carbocycles. The largest absolute Gasteiger partial charge is 0.445 e. The van der Waals surface area contributed by atoms with Gasteiger partial charge in [0.05, 0.1) is 0 Å². The van der Waals surface area contributed by atoms with E-state index in [4.69, 9.17) is 10.5 Å². The maximum atomic E-state index is 12.2. The Morgan fingerprint density at radius 1 is 0.867 bits per heavy atom. The highest BCUT2D eigenvalue weighted by molar-refractivity contribution is 5.89. The van der Waals surface area contributed by atoms with Crippen LogP contribution in [0.25, 0.3) is 10.8 Å². The van der Waals surface area contributed by atoms with E-state index in [1.165, 1.54) is 0 Å². The fourth-order valence-corrected chi connectivity index (χ4v) is 3.00. The van der Waals surface area contributed by atoms with E-state index in [1.54, 1.807) is 0 Å². The lowest BCUT2D eigenvalue weighted by Crippen LogP contribution is -2.49. The van der Waals surface area contributed by atoms with Gasteiger partial charge in [-0.3, -0.25) is 9.59 Å². The lowest BCUT2D eigenvalue weighted by Gasteiger charge is -2.16. The number of rotatable bonds is 8. The van der Waals surface area contributed by atoms with Crippen LogP contribution in [0, 0.1) is 0 Å². The van der Waals surface area contributed by atoms with Gasteiger partial charge in [0, 0.05) is 6.42 Å². The second-order valence-electron chi connectivity index (χ2n) is 6.82. The number of alkyl carbamates (subject to hydrolysis) is 1. The van der Waals surface area contributed by atoms with Gasteiger partial charge in [0.2, 0.25) is 11.8 Å². The number of hydrogen-bond acceptors (Lipinski definition) is 4. The summed E-state index contributed by atoms with van der Waals surface area (Å²) in [4.78, 5) is 35.7. The van der Waals surface area contributed by atoms with Crippen LogP contribution in [0.4, 0.5) is 4.79 Å². The van der Waals surface area contributed by atoms with Crippen molar-refractivity contribution in [2.24, 2.45) is 5.73 Å². The highest BCUT2D eigenvalue weighted by atomic mass is 16.5. The maximum absolute atomic E-state index is 12.2. The summed E-state index contributed by atoms with van der Waals surface area (Å²) in [5, 5.41) is 7.04. The molecule has 7 nitrogen and oxygen atoms in total. The van der Waals surface area contributed by atoms with E-state index >= 15 is 0 Å². The van der Waals surface area contributed by atoms with Crippen molar-refractivity contribution in [2.45, 2.75) is 19.1 Å². The quantitative estimate of drug-likeness (QED) is 0.534. The molecule has 0 aliphatic rings. The zero-order valence-electron chi connectivity index (χ0n) is 16.3. The Kier molecular flexibility index (Phi) is 7.00. The SMILES string of the molecule is NC(=O)[C@H](Cc1ccc2ccccc2c1)NC(=O)CNC(=O)OCc1ccccc1. The van der Waals surface area contributed by atoms with Gasteiger partial charge in [-0.05, 0) is 21.9 Å². The lowest BCUT2D eigenvalue weighted by atomic mass is 10.0. The van der Waals surface area contributed by atoms with Crippen LogP contribution in [-0.2, 0) is 27.4 Å². The standard InChI is InChI=1S/C23H23N3O4/c24-22(28)20(13-17-10-11-18-8-4-5-9-19(18)12-17)26-21(27)14-25-23(29)30-15-16-6-2-1-3-7-16/h1-12,20H,13-15H2,(H2,24,28)(H,25,29)(H,26,27)/t20-/m0/s1. The third kappa shape index (κ3) is 6.07. The summed E-state index contributed by atoms with van der Waals surface area (Å²) < 4.78 is 5.05. The summed E-state index contributed by atoms with van der Waals surface area (Å²) >= 11 is 0. The average Bonchev–Trinajstić information content (AvgIpc) is 2.76. The van der Waals surface area contributed by atoms with Crippen molar-refractivity contribution < 1.29 is 19.1 Å². The molecule has 0 heterocycles. The van der Waals surface area contributed by atoms with Crippen molar-refractivity contribution in [3.05, 3.63) is 83.9 Å². The molecular formula is C23H23N3O4. The number of carbonyl (C=O) groups excluding carboxylic acids is 3. The molecule has 3 aromatic rings. The molecule has 4 N–H and O–H groups in total. The van der Waals surface area contributed by atoms with Crippen molar-refractivity contribution >= 4 is 28.7 Å². The van der Waals surface area contributed by atoms with E-state index in [-0.39, 0.29) is 19.6 Å². The Hall–Kier alpha value is -3.87. The molecule has 0 bridgehead atoms. The zero-order chi connectivity index (χ0) is 21.3. The number of ether oxygens (including phenoxy) is 1. The van der Waals surface area contributed by atoms with Crippen LogP contribution in [0.3, 0.4) is 0 Å². The van der Waals surface area contributed by atoms with Crippen LogP contribution in [0.2, 0.25) is 0 Å². The molecule has 3 amide bonds. The van der Waals surface area contributed by atoms with Crippen molar-refractivity contribution in [3.63, 3.8) is 0 Å². The van der Waals surface area contributed by atoms with Gasteiger partial charge in [0.15, 0.2) is 0 Å². The first kappa shape index (κ1) is 20.9. The van der Waals surface area contributed by atoms with E-state index in [0.717, 1.165) is 21.9 Å². The molecule has 0 spiro atoms. The summed E-state index contributed by atoms with van der Waals surface area (Å²) in [6.45, 7) is -0.227. The molecule has 0 saturated carbocycles. The van der Waals surface area contributed by atoms with Crippen LogP contribution in [0.1, 0.15) is 11.1 Å². The Labute approximate surface area is 174 Å². The van der Waals surface area contributed by atoms with Gasteiger partial charge < -0.3 is 21.1 Å². The van der Waals surface area contributed by atoms with E-state index in [1.807, 2.05) is 72.8 Å². The molecule has 0 fully saturated rings. The topological polar surface area (TPSA) is 111 Å². The molecule has 3 aromatic carbocycles. The van der Waals surface area contributed by atoms with Crippen LogP contribution < -0.4 is 16.4 Å². The predicted molar refractivity (Wildman–Crippen MR) is 113 cm³/mol. The summed E-state index contributed by atoms with van der Waals surface area (Å²) in [5.41, 5.74) is 7.15. The summed E-state index contributed by atoms with van der Waals surface area (Å²) in [7, 11) is 0. The van der Waals surface area contributed by atoms with Crippen LogP contribution >= 0.6 is 0 Å². The monoisotopic (exact) mass is 405 g/mol. The van der Waals surface area contributed by atoms with Gasteiger partial charge in [-0.2, -0.15) is 0 Å². The molecule has 154 valence electrons. The average molecular weight is 405 g/mol. The second-order valence-corrected chi connectivity index (χ2v) is 6.82. The van der Waals surface area contributed by atoms with Crippen molar-refractivity contribution in [3.8, 4) is 0 Å². The van der Waals surface area contributed by atoms with Gasteiger partial charge in [0.1, 0.15) is 19.2 Å².